The van der Waals surface area contributed by atoms with Crippen LogP contribution in [0.5, 0.6) is 0 Å². The standard InChI is InChI=1S/C8H10N2.C2H6/c9-6-8(10)7-4-2-1-3-5-7;1-2/h1-2,4,8H,3,5,10H2;1-2H3. The molecule has 0 saturated heterocycles. The summed E-state index contributed by atoms with van der Waals surface area (Å²) in [5, 5.41) is 8.45. The first-order valence-electron chi connectivity index (χ1n) is 4.35. The maximum atomic E-state index is 8.45. The summed E-state index contributed by atoms with van der Waals surface area (Å²) in [5.74, 6) is 0. The van der Waals surface area contributed by atoms with Gasteiger partial charge in [-0.05, 0) is 18.4 Å². The first kappa shape index (κ1) is 10.9. The van der Waals surface area contributed by atoms with E-state index in [-0.39, 0.29) is 0 Å². The SMILES string of the molecule is CC.N#CC(N)C1=CC=CCC1. The van der Waals surface area contributed by atoms with Crippen LogP contribution >= 0.6 is 0 Å². The second-order valence-electron chi connectivity index (χ2n) is 2.32. The van der Waals surface area contributed by atoms with Gasteiger partial charge in [-0.15, -0.1) is 0 Å². The van der Waals surface area contributed by atoms with Gasteiger partial charge in [0, 0.05) is 0 Å². The molecule has 1 unspecified atom stereocenters. The third-order valence-corrected chi connectivity index (χ3v) is 1.58. The van der Waals surface area contributed by atoms with Gasteiger partial charge in [0.05, 0.1) is 6.07 Å². The zero-order valence-corrected chi connectivity index (χ0v) is 7.75. The van der Waals surface area contributed by atoms with Gasteiger partial charge in [0.1, 0.15) is 6.04 Å². The molecular weight excluding hydrogens is 148 g/mol. The zero-order chi connectivity index (χ0) is 9.40. The van der Waals surface area contributed by atoms with E-state index in [9.17, 15) is 0 Å². The second kappa shape index (κ2) is 6.63. The molecule has 0 saturated carbocycles. The maximum absolute atomic E-state index is 8.45. The van der Waals surface area contributed by atoms with Crippen LogP contribution in [0, 0.1) is 11.3 Å². The lowest BCUT2D eigenvalue weighted by Crippen LogP contribution is -2.20. The number of nitrogens with zero attached hydrogens (tertiary/aromatic N) is 1. The number of allylic oxidation sites excluding steroid dienone is 3. The van der Waals surface area contributed by atoms with Crippen LogP contribution in [0.3, 0.4) is 0 Å². The van der Waals surface area contributed by atoms with Crippen molar-refractivity contribution in [2.75, 3.05) is 0 Å². The van der Waals surface area contributed by atoms with Gasteiger partial charge in [-0.1, -0.05) is 32.1 Å². The van der Waals surface area contributed by atoms with Crippen LogP contribution < -0.4 is 5.73 Å². The summed E-state index contributed by atoms with van der Waals surface area (Å²) in [7, 11) is 0. The summed E-state index contributed by atoms with van der Waals surface area (Å²) in [6.45, 7) is 4.00. The molecule has 0 aliphatic heterocycles. The molecule has 1 atom stereocenters. The van der Waals surface area contributed by atoms with Crippen LogP contribution in [0.4, 0.5) is 0 Å². The molecule has 12 heavy (non-hydrogen) atoms. The van der Waals surface area contributed by atoms with Crippen molar-refractivity contribution in [3.63, 3.8) is 0 Å². The molecule has 0 spiro atoms. The molecule has 0 amide bonds. The number of nitriles is 1. The monoisotopic (exact) mass is 164 g/mol. The van der Waals surface area contributed by atoms with Crippen molar-refractivity contribution in [2.24, 2.45) is 5.73 Å². The Morgan fingerprint density at radius 3 is 2.67 bits per heavy atom. The highest BCUT2D eigenvalue weighted by atomic mass is 14.6. The fraction of sp³-hybridized carbons (Fsp3) is 0.500. The molecular formula is C10H16N2. The molecule has 0 heterocycles. The summed E-state index contributed by atoms with van der Waals surface area (Å²) in [6.07, 6.45) is 7.91. The van der Waals surface area contributed by atoms with E-state index in [4.69, 9.17) is 11.0 Å². The predicted octanol–water partition coefficient (Wildman–Crippen LogP) is 2.14. The molecule has 0 radical (unpaired) electrons. The fourth-order valence-electron chi connectivity index (χ4n) is 0.963. The van der Waals surface area contributed by atoms with E-state index in [0.717, 1.165) is 18.4 Å². The number of hydrogen-bond donors (Lipinski definition) is 1. The highest BCUT2D eigenvalue weighted by Crippen LogP contribution is 2.13. The van der Waals surface area contributed by atoms with Crippen LogP contribution in [0.15, 0.2) is 23.8 Å². The Kier molecular flexibility index (Phi) is 6.04. The van der Waals surface area contributed by atoms with Gasteiger partial charge >= 0.3 is 0 Å². The van der Waals surface area contributed by atoms with E-state index in [1.807, 2.05) is 32.1 Å². The summed E-state index contributed by atoms with van der Waals surface area (Å²) < 4.78 is 0. The molecule has 66 valence electrons. The predicted molar refractivity (Wildman–Crippen MR) is 51.4 cm³/mol. The molecule has 1 aliphatic carbocycles. The summed E-state index contributed by atoms with van der Waals surface area (Å²) in [4.78, 5) is 0. The Balaban J connectivity index is 0.000000561. The average Bonchev–Trinajstić information content (AvgIpc) is 2.21. The smallest absolute Gasteiger partial charge is 0.115 e. The zero-order valence-electron chi connectivity index (χ0n) is 7.75. The maximum Gasteiger partial charge on any atom is 0.115 e. The van der Waals surface area contributed by atoms with Gasteiger partial charge in [-0.2, -0.15) is 5.26 Å². The van der Waals surface area contributed by atoms with Crippen LogP contribution in [-0.4, -0.2) is 6.04 Å². The van der Waals surface area contributed by atoms with Crippen LogP contribution in [0.1, 0.15) is 26.7 Å². The summed E-state index contributed by atoms with van der Waals surface area (Å²) in [6, 6.07) is 1.61. The van der Waals surface area contributed by atoms with Crippen molar-refractivity contribution in [3.8, 4) is 6.07 Å². The Labute approximate surface area is 74.4 Å². The van der Waals surface area contributed by atoms with Crippen molar-refractivity contribution in [1.29, 1.82) is 5.26 Å². The molecule has 0 fully saturated rings. The fourth-order valence-corrected chi connectivity index (χ4v) is 0.963. The Bertz CT molecular complexity index is 208. The van der Waals surface area contributed by atoms with Gasteiger partial charge in [0.25, 0.3) is 0 Å². The minimum Gasteiger partial charge on any atom is -0.312 e. The Morgan fingerprint density at radius 2 is 2.25 bits per heavy atom. The third kappa shape index (κ3) is 3.36. The lowest BCUT2D eigenvalue weighted by Gasteiger charge is -2.09. The Hall–Kier alpha value is -1.07. The lowest BCUT2D eigenvalue weighted by atomic mass is 10.00. The van der Waals surface area contributed by atoms with Gasteiger partial charge < -0.3 is 5.73 Å². The molecule has 1 aliphatic rings. The van der Waals surface area contributed by atoms with Crippen molar-refractivity contribution >= 4 is 0 Å². The highest BCUT2D eigenvalue weighted by Gasteiger charge is 2.07. The van der Waals surface area contributed by atoms with E-state index in [2.05, 4.69) is 6.08 Å². The van der Waals surface area contributed by atoms with Crippen molar-refractivity contribution in [1.82, 2.24) is 0 Å². The van der Waals surface area contributed by atoms with Gasteiger partial charge in [0.2, 0.25) is 0 Å². The molecule has 0 aromatic heterocycles. The highest BCUT2D eigenvalue weighted by molar-refractivity contribution is 5.26. The summed E-state index contributed by atoms with van der Waals surface area (Å²) in [5.41, 5.74) is 6.53. The van der Waals surface area contributed by atoms with Gasteiger partial charge in [-0.3, -0.25) is 0 Å². The second-order valence-corrected chi connectivity index (χ2v) is 2.32. The van der Waals surface area contributed by atoms with Crippen molar-refractivity contribution in [2.45, 2.75) is 32.7 Å². The largest absolute Gasteiger partial charge is 0.312 e. The Morgan fingerprint density at radius 1 is 1.58 bits per heavy atom. The van der Waals surface area contributed by atoms with E-state index >= 15 is 0 Å². The minimum atomic E-state index is -0.398. The normalized spacial score (nSPS) is 16.7. The average molecular weight is 164 g/mol. The van der Waals surface area contributed by atoms with E-state index in [0.29, 0.717) is 0 Å². The molecule has 0 aromatic rings. The molecule has 2 heteroatoms. The van der Waals surface area contributed by atoms with E-state index < -0.39 is 6.04 Å². The lowest BCUT2D eigenvalue weighted by molar-refractivity contribution is 0.842. The van der Waals surface area contributed by atoms with Gasteiger partial charge in [-0.25, -0.2) is 0 Å². The summed E-state index contributed by atoms with van der Waals surface area (Å²) >= 11 is 0. The molecule has 1 rings (SSSR count). The molecule has 2 N–H and O–H groups in total. The third-order valence-electron chi connectivity index (χ3n) is 1.58. The van der Waals surface area contributed by atoms with Crippen molar-refractivity contribution < 1.29 is 0 Å². The minimum absolute atomic E-state index is 0.398. The quantitative estimate of drug-likeness (QED) is 0.645. The number of nitrogens with two attached hydrogens (primary N) is 1. The molecule has 0 bridgehead atoms. The topological polar surface area (TPSA) is 49.8 Å². The number of hydrogen-bond acceptors (Lipinski definition) is 2. The molecule has 2 nitrogen and oxygen atoms in total. The van der Waals surface area contributed by atoms with Crippen LogP contribution in [0.2, 0.25) is 0 Å². The van der Waals surface area contributed by atoms with E-state index in [1.54, 1.807) is 0 Å². The first-order valence-corrected chi connectivity index (χ1v) is 4.35. The van der Waals surface area contributed by atoms with Gasteiger partial charge in [0.15, 0.2) is 0 Å². The number of rotatable bonds is 1. The van der Waals surface area contributed by atoms with E-state index in [1.165, 1.54) is 0 Å². The molecule has 0 aromatic carbocycles. The van der Waals surface area contributed by atoms with Crippen LogP contribution in [-0.2, 0) is 0 Å². The van der Waals surface area contributed by atoms with Crippen LogP contribution in [0.25, 0.3) is 0 Å². The first-order chi connectivity index (χ1) is 5.84. The van der Waals surface area contributed by atoms with Crippen molar-refractivity contribution in [3.05, 3.63) is 23.8 Å².